The third kappa shape index (κ3) is 5.98. The molecule has 0 unspecified atom stereocenters. The highest BCUT2D eigenvalue weighted by atomic mass is 35.5. The summed E-state index contributed by atoms with van der Waals surface area (Å²) in [4.78, 5) is 63.3. The quantitative estimate of drug-likeness (QED) is 0.254. The lowest BCUT2D eigenvalue weighted by atomic mass is 10.0. The van der Waals surface area contributed by atoms with Crippen LogP contribution in [0, 0.1) is 11.8 Å². The van der Waals surface area contributed by atoms with E-state index >= 15 is 0 Å². The van der Waals surface area contributed by atoms with E-state index in [0.29, 0.717) is 99.1 Å². The molecule has 8 rings (SSSR count). The molecule has 0 aliphatic carbocycles. The van der Waals surface area contributed by atoms with Crippen LogP contribution in [0.25, 0.3) is 16.8 Å². The van der Waals surface area contributed by atoms with Crippen molar-refractivity contribution in [3.05, 3.63) is 69.1 Å². The van der Waals surface area contributed by atoms with Crippen LogP contribution >= 0.6 is 11.6 Å². The molecule has 15 nitrogen and oxygen atoms in total. The van der Waals surface area contributed by atoms with Crippen molar-refractivity contribution < 1.29 is 27.5 Å². The molecule has 2 amide bonds. The zero-order valence-electron chi connectivity index (χ0n) is 27.9. The molecule has 3 aliphatic rings. The van der Waals surface area contributed by atoms with Crippen LogP contribution in [0.1, 0.15) is 28.7 Å². The van der Waals surface area contributed by atoms with Crippen LogP contribution in [-0.2, 0) is 28.7 Å². The van der Waals surface area contributed by atoms with Crippen molar-refractivity contribution in [2.24, 2.45) is 11.8 Å². The van der Waals surface area contributed by atoms with Crippen molar-refractivity contribution in [1.82, 2.24) is 39.0 Å². The third-order valence-corrected chi connectivity index (χ3v) is 10.3. The van der Waals surface area contributed by atoms with Gasteiger partial charge in [0.2, 0.25) is 17.6 Å². The average Bonchev–Trinajstić information content (AvgIpc) is 3.93. The highest BCUT2D eigenvalue weighted by molar-refractivity contribution is 6.33. The Labute approximate surface area is 298 Å². The van der Waals surface area contributed by atoms with E-state index in [2.05, 4.69) is 25.4 Å². The number of carbonyl (C=O) groups excluding carboxylic acids is 2. The maximum absolute atomic E-state index is 14.3. The highest BCUT2D eigenvalue weighted by Gasteiger charge is 2.39. The molecule has 0 saturated carbocycles. The molecule has 0 spiro atoms. The molecule has 2 atom stereocenters. The SMILES string of the molecule is CCc1c(N2CCN(C(=O)c3nccc4nc[nH]c34)CC2)c(=O)n2nc(N3C[C@H]4COC[C@H]4C3)nc2n1CC(=O)Nc1ccc(C(F)(F)F)cc1Cl. The number of nitrogens with one attached hydrogen (secondary N) is 2. The number of aromatic nitrogens is 7. The molecule has 0 bridgehead atoms. The smallest absolute Gasteiger partial charge is 0.381 e. The van der Waals surface area contributed by atoms with Gasteiger partial charge in [0.1, 0.15) is 12.2 Å². The Hall–Kier alpha value is -5.23. The van der Waals surface area contributed by atoms with Crippen LogP contribution in [-0.4, -0.2) is 103 Å². The second kappa shape index (κ2) is 13.1. The van der Waals surface area contributed by atoms with Gasteiger partial charge in [-0.1, -0.05) is 18.5 Å². The van der Waals surface area contributed by atoms with E-state index in [1.54, 1.807) is 15.5 Å². The fourth-order valence-corrected chi connectivity index (χ4v) is 7.57. The Kier molecular flexibility index (Phi) is 8.52. The van der Waals surface area contributed by atoms with E-state index in [0.717, 1.165) is 18.2 Å². The molecule has 7 heterocycles. The maximum atomic E-state index is 14.3. The maximum Gasteiger partial charge on any atom is 0.416 e. The summed E-state index contributed by atoms with van der Waals surface area (Å²) in [5.74, 6) is 0.276. The Morgan fingerprint density at radius 3 is 2.50 bits per heavy atom. The number of aromatic amines is 1. The summed E-state index contributed by atoms with van der Waals surface area (Å²) in [5.41, 5.74) is 0.904. The summed E-state index contributed by atoms with van der Waals surface area (Å²) in [6.07, 6.45) is -1.23. The van der Waals surface area contributed by atoms with Crippen molar-refractivity contribution in [3.8, 4) is 0 Å². The van der Waals surface area contributed by atoms with Crippen molar-refractivity contribution in [2.75, 3.05) is 67.6 Å². The van der Waals surface area contributed by atoms with Gasteiger partial charge in [0.15, 0.2) is 5.69 Å². The molecule has 19 heteroatoms. The second-order valence-electron chi connectivity index (χ2n) is 13.1. The number of piperazine rings is 1. The fraction of sp³-hybridized carbons (Fsp3) is 0.424. The van der Waals surface area contributed by atoms with Crippen LogP contribution in [0.2, 0.25) is 5.02 Å². The van der Waals surface area contributed by atoms with E-state index in [9.17, 15) is 27.6 Å². The van der Waals surface area contributed by atoms with E-state index < -0.39 is 23.2 Å². The van der Waals surface area contributed by atoms with E-state index in [1.807, 2.05) is 16.7 Å². The number of nitrogens with zero attached hydrogens (tertiary/aromatic N) is 9. The first-order chi connectivity index (χ1) is 25.0. The first kappa shape index (κ1) is 33.9. The minimum Gasteiger partial charge on any atom is -0.381 e. The number of benzene rings is 1. The highest BCUT2D eigenvalue weighted by Crippen LogP contribution is 2.34. The van der Waals surface area contributed by atoms with E-state index in [1.165, 1.54) is 17.0 Å². The fourth-order valence-electron chi connectivity index (χ4n) is 7.34. The minimum atomic E-state index is -4.60. The number of carbonyl (C=O) groups is 2. The number of hydrogen-bond donors (Lipinski definition) is 2. The number of pyridine rings is 1. The third-order valence-electron chi connectivity index (χ3n) is 9.97. The van der Waals surface area contributed by atoms with E-state index in [-0.39, 0.29) is 34.6 Å². The monoisotopic (exact) mass is 739 g/mol. The molecule has 4 aromatic heterocycles. The Morgan fingerprint density at radius 1 is 1.06 bits per heavy atom. The summed E-state index contributed by atoms with van der Waals surface area (Å²) >= 11 is 6.15. The number of anilines is 3. The minimum absolute atomic E-state index is 0.00378. The normalized spacial score (nSPS) is 19.2. The number of H-pyrrole nitrogens is 1. The van der Waals surface area contributed by atoms with E-state index in [4.69, 9.17) is 21.3 Å². The molecular formula is C33H33ClF3N11O4. The zero-order chi connectivity index (χ0) is 36.3. The molecule has 1 aromatic carbocycles. The number of hydrogen-bond acceptors (Lipinski definition) is 10. The lowest BCUT2D eigenvalue weighted by Crippen LogP contribution is -2.51. The van der Waals surface area contributed by atoms with Gasteiger partial charge in [0.05, 0.1) is 52.5 Å². The topological polar surface area (TPSA) is 159 Å². The van der Waals surface area contributed by atoms with Crippen LogP contribution in [0.5, 0.6) is 0 Å². The number of imidazole rings is 1. The molecular weight excluding hydrogens is 707 g/mol. The number of ether oxygens (including phenoxy) is 1. The van der Waals surface area contributed by atoms with Gasteiger partial charge in [-0.3, -0.25) is 14.4 Å². The molecule has 3 fully saturated rings. The van der Waals surface area contributed by atoms with Gasteiger partial charge < -0.3 is 34.3 Å². The van der Waals surface area contributed by atoms with Crippen molar-refractivity contribution in [2.45, 2.75) is 26.1 Å². The van der Waals surface area contributed by atoms with Gasteiger partial charge in [0.25, 0.3) is 11.5 Å². The molecule has 52 heavy (non-hydrogen) atoms. The number of alkyl halides is 3. The molecule has 272 valence electrons. The Bertz CT molecular complexity index is 2250. The molecule has 5 aromatic rings. The first-order valence-corrected chi connectivity index (χ1v) is 17.2. The van der Waals surface area contributed by atoms with Crippen LogP contribution in [0.3, 0.4) is 0 Å². The Morgan fingerprint density at radius 2 is 1.81 bits per heavy atom. The lowest BCUT2D eigenvalue weighted by molar-refractivity contribution is -0.137. The van der Waals surface area contributed by atoms with Gasteiger partial charge in [-0.15, -0.1) is 5.10 Å². The lowest BCUT2D eigenvalue weighted by Gasteiger charge is -2.36. The predicted octanol–water partition coefficient (Wildman–Crippen LogP) is 3.08. The van der Waals surface area contributed by atoms with Crippen molar-refractivity contribution in [1.29, 1.82) is 0 Å². The van der Waals surface area contributed by atoms with Gasteiger partial charge in [-0.2, -0.15) is 22.7 Å². The van der Waals surface area contributed by atoms with Gasteiger partial charge in [0, 0.05) is 57.3 Å². The van der Waals surface area contributed by atoms with Crippen LogP contribution in [0.4, 0.5) is 30.5 Å². The number of halogens is 4. The van der Waals surface area contributed by atoms with Crippen molar-refractivity contribution >= 4 is 57.5 Å². The number of rotatable bonds is 7. The van der Waals surface area contributed by atoms with Crippen LogP contribution in [0.15, 0.2) is 41.6 Å². The van der Waals surface area contributed by atoms with Crippen molar-refractivity contribution in [3.63, 3.8) is 0 Å². The zero-order valence-corrected chi connectivity index (χ0v) is 28.6. The number of fused-ring (bicyclic) bond motifs is 3. The molecule has 3 aliphatic heterocycles. The summed E-state index contributed by atoms with van der Waals surface area (Å²) < 4.78 is 48.1. The summed E-state index contributed by atoms with van der Waals surface area (Å²) in [7, 11) is 0. The average molecular weight is 740 g/mol. The van der Waals surface area contributed by atoms with Crippen LogP contribution < -0.4 is 20.7 Å². The Balaban J connectivity index is 1.12. The molecule has 3 saturated heterocycles. The predicted molar refractivity (Wildman–Crippen MR) is 184 cm³/mol. The largest absolute Gasteiger partial charge is 0.416 e. The first-order valence-electron chi connectivity index (χ1n) is 16.8. The number of amides is 2. The summed E-state index contributed by atoms with van der Waals surface area (Å²) in [5, 5.41) is 6.98. The molecule has 0 radical (unpaired) electrons. The molecule has 2 N–H and O–H groups in total. The van der Waals surface area contributed by atoms with Gasteiger partial charge in [-0.25, -0.2) is 9.97 Å². The van der Waals surface area contributed by atoms with Gasteiger partial charge >= 0.3 is 6.18 Å². The van der Waals surface area contributed by atoms with Gasteiger partial charge in [-0.05, 0) is 30.7 Å². The second-order valence-corrected chi connectivity index (χ2v) is 13.5. The summed E-state index contributed by atoms with van der Waals surface area (Å²) in [6.45, 7) is 5.31. The standard InChI is InChI=1S/C33H33ClF3N11O4/c1-2-24-28(44-7-9-45(10-8-44)29(50)27-26-23(5-6-38-27)39-17-40-26)30(51)48-32(42-31(43-48)46-12-18-15-52-16-19(18)13-46)47(24)14-25(49)41-22-4-3-20(11-21(22)34)33(35,36)37/h3-6,11,17-19H,2,7-10,12-16H2,1H3,(H,39,40)(H,41,49)/t18-,19+. The summed E-state index contributed by atoms with van der Waals surface area (Å²) in [6, 6.07) is 4.40.